The van der Waals surface area contributed by atoms with E-state index < -0.39 is 5.97 Å². The quantitative estimate of drug-likeness (QED) is 0.606. The SMILES string of the molecule is CCOC(=O)c1ccccc1Nc1cnnc(Nc2ccc(C)c(Cl)c2)n1. The third-order valence-electron chi connectivity index (χ3n) is 3.67. The Balaban J connectivity index is 1.80. The van der Waals surface area contributed by atoms with Gasteiger partial charge in [0.05, 0.1) is 24.1 Å². The second kappa shape index (κ2) is 8.46. The van der Waals surface area contributed by atoms with Gasteiger partial charge in [-0.1, -0.05) is 29.8 Å². The zero-order valence-electron chi connectivity index (χ0n) is 14.9. The van der Waals surface area contributed by atoms with E-state index in [1.807, 2.05) is 25.1 Å². The van der Waals surface area contributed by atoms with E-state index in [0.717, 1.165) is 11.3 Å². The number of aryl methyl sites for hydroxylation is 1. The number of hydrogen-bond acceptors (Lipinski definition) is 7. The van der Waals surface area contributed by atoms with Gasteiger partial charge in [-0.2, -0.15) is 10.1 Å². The highest BCUT2D eigenvalue weighted by Gasteiger charge is 2.13. The number of anilines is 4. The minimum Gasteiger partial charge on any atom is -0.462 e. The predicted molar refractivity (Wildman–Crippen MR) is 105 cm³/mol. The Morgan fingerprint density at radius 1 is 1.19 bits per heavy atom. The van der Waals surface area contributed by atoms with Crippen LogP contribution in [-0.4, -0.2) is 27.8 Å². The van der Waals surface area contributed by atoms with Crippen molar-refractivity contribution in [2.45, 2.75) is 13.8 Å². The second-order valence-corrected chi connectivity index (χ2v) is 6.05. The molecule has 2 aromatic carbocycles. The van der Waals surface area contributed by atoms with Gasteiger partial charge in [-0.25, -0.2) is 4.79 Å². The molecule has 2 N–H and O–H groups in total. The van der Waals surface area contributed by atoms with E-state index in [-0.39, 0.29) is 0 Å². The molecular formula is C19H18ClN5O2. The fourth-order valence-corrected chi connectivity index (χ4v) is 2.51. The van der Waals surface area contributed by atoms with E-state index in [0.29, 0.717) is 34.6 Å². The molecule has 0 spiro atoms. The van der Waals surface area contributed by atoms with Crippen molar-refractivity contribution in [1.82, 2.24) is 15.2 Å². The van der Waals surface area contributed by atoms with Gasteiger partial charge < -0.3 is 15.4 Å². The van der Waals surface area contributed by atoms with E-state index in [1.165, 1.54) is 6.20 Å². The molecule has 7 nitrogen and oxygen atoms in total. The number of carbonyl (C=O) groups is 1. The van der Waals surface area contributed by atoms with Crippen molar-refractivity contribution in [2.75, 3.05) is 17.2 Å². The Hall–Kier alpha value is -3.19. The van der Waals surface area contributed by atoms with E-state index in [2.05, 4.69) is 25.8 Å². The van der Waals surface area contributed by atoms with E-state index >= 15 is 0 Å². The molecule has 0 aliphatic carbocycles. The van der Waals surface area contributed by atoms with Gasteiger partial charge in [-0.15, -0.1) is 5.10 Å². The monoisotopic (exact) mass is 383 g/mol. The van der Waals surface area contributed by atoms with Crippen molar-refractivity contribution in [3.8, 4) is 0 Å². The summed E-state index contributed by atoms with van der Waals surface area (Å²) in [6.07, 6.45) is 1.47. The lowest BCUT2D eigenvalue weighted by molar-refractivity contribution is 0.0527. The van der Waals surface area contributed by atoms with Crippen LogP contribution in [0.3, 0.4) is 0 Å². The number of halogens is 1. The van der Waals surface area contributed by atoms with Crippen LogP contribution in [0.1, 0.15) is 22.8 Å². The van der Waals surface area contributed by atoms with Crippen molar-refractivity contribution in [1.29, 1.82) is 0 Å². The van der Waals surface area contributed by atoms with Gasteiger partial charge in [-0.05, 0) is 43.7 Å². The fraction of sp³-hybridized carbons (Fsp3) is 0.158. The van der Waals surface area contributed by atoms with Crippen LogP contribution in [-0.2, 0) is 4.74 Å². The number of hydrogen-bond donors (Lipinski definition) is 2. The zero-order valence-corrected chi connectivity index (χ0v) is 15.6. The summed E-state index contributed by atoms with van der Waals surface area (Å²) in [6, 6.07) is 12.6. The maximum atomic E-state index is 12.1. The first-order chi connectivity index (χ1) is 13.1. The number of esters is 1. The molecule has 27 heavy (non-hydrogen) atoms. The molecule has 3 rings (SSSR count). The molecule has 0 atom stereocenters. The molecule has 1 heterocycles. The number of ether oxygens (including phenoxy) is 1. The van der Waals surface area contributed by atoms with Gasteiger partial charge >= 0.3 is 5.97 Å². The molecule has 0 aliphatic rings. The first kappa shape index (κ1) is 18.6. The van der Waals surface area contributed by atoms with Crippen molar-refractivity contribution >= 4 is 40.7 Å². The average Bonchev–Trinajstić information content (AvgIpc) is 2.66. The van der Waals surface area contributed by atoms with Crippen LogP contribution in [0.4, 0.5) is 23.1 Å². The standard InChI is InChI=1S/C19H18ClN5O2/c1-3-27-18(26)14-6-4-5-7-16(14)23-17-11-21-25-19(24-17)22-13-9-8-12(2)15(20)10-13/h4-11H,3H2,1-2H3,(H2,22,23,24,25). The molecule has 0 bridgehead atoms. The van der Waals surface area contributed by atoms with Crippen LogP contribution in [0, 0.1) is 6.92 Å². The van der Waals surface area contributed by atoms with Crippen LogP contribution in [0.15, 0.2) is 48.7 Å². The summed E-state index contributed by atoms with van der Waals surface area (Å²) in [5.41, 5.74) is 2.71. The summed E-state index contributed by atoms with van der Waals surface area (Å²) < 4.78 is 5.08. The number of aromatic nitrogens is 3. The van der Waals surface area contributed by atoms with Crippen LogP contribution in [0.2, 0.25) is 5.02 Å². The predicted octanol–water partition coefficient (Wildman–Crippen LogP) is 4.50. The number of nitrogens with one attached hydrogen (secondary N) is 2. The smallest absolute Gasteiger partial charge is 0.340 e. The van der Waals surface area contributed by atoms with Gasteiger partial charge in [0.15, 0.2) is 5.82 Å². The lowest BCUT2D eigenvalue weighted by Crippen LogP contribution is -2.09. The molecular weight excluding hydrogens is 366 g/mol. The summed E-state index contributed by atoms with van der Waals surface area (Å²) in [7, 11) is 0. The van der Waals surface area contributed by atoms with Gasteiger partial charge in [0.2, 0.25) is 5.95 Å². The van der Waals surface area contributed by atoms with Crippen LogP contribution in [0.25, 0.3) is 0 Å². The topological polar surface area (TPSA) is 89.0 Å². The Morgan fingerprint density at radius 2 is 2.00 bits per heavy atom. The van der Waals surface area contributed by atoms with Crippen LogP contribution < -0.4 is 10.6 Å². The molecule has 0 aliphatic heterocycles. The maximum absolute atomic E-state index is 12.1. The Bertz CT molecular complexity index is 964. The van der Waals surface area contributed by atoms with E-state index in [9.17, 15) is 4.79 Å². The minimum absolute atomic E-state index is 0.300. The molecule has 0 saturated heterocycles. The molecule has 8 heteroatoms. The molecule has 138 valence electrons. The highest BCUT2D eigenvalue weighted by molar-refractivity contribution is 6.31. The first-order valence-corrected chi connectivity index (χ1v) is 8.70. The number of para-hydroxylation sites is 1. The molecule has 0 saturated carbocycles. The van der Waals surface area contributed by atoms with Crippen molar-refractivity contribution < 1.29 is 9.53 Å². The summed E-state index contributed by atoms with van der Waals surface area (Å²) in [5, 5.41) is 14.7. The number of rotatable bonds is 6. The largest absolute Gasteiger partial charge is 0.462 e. The summed E-state index contributed by atoms with van der Waals surface area (Å²) >= 11 is 6.14. The van der Waals surface area contributed by atoms with Crippen molar-refractivity contribution in [2.24, 2.45) is 0 Å². The van der Waals surface area contributed by atoms with Crippen molar-refractivity contribution in [3.63, 3.8) is 0 Å². The molecule has 0 unspecified atom stereocenters. The van der Waals surface area contributed by atoms with Crippen LogP contribution >= 0.6 is 11.6 Å². The molecule has 0 fully saturated rings. The number of carbonyl (C=O) groups excluding carboxylic acids is 1. The molecule has 1 aromatic heterocycles. The Kier molecular flexibility index (Phi) is 5.83. The lowest BCUT2D eigenvalue weighted by atomic mass is 10.2. The fourth-order valence-electron chi connectivity index (χ4n) is 2.33. The Labute approximate surface area is 161 Å². The maximum Gasteiger partial charge on any atom is 0.340 e. The first-order valence-electron chi connectivity index (χ1n) is 8.33. The van der Waals surface area contributed by atoms with Crippen molar-refractivity contribution in [3.05, 3.63) is 64.8 Å². The van der Waals surface area contributed by atoms with Gasteiger partial charge in [0.25, 0.3) is 0 Å². The molecule has 0 radical (unpaired) electrons. The highest BCUT2D eigenvalue weighted by Crippen LogP contribution is 2.23. The van der Waals surface area contributed by atoms with Gasteiger partial charge in [0.1, 0.15) is 0 Å². The third-order valence-corrected chi connectivity index (χ3v) is 4.08. The number of nitrogens with zero attached hydrogens (tertiary/aromatic N) is 3. The average molecular weight is 384 g/mol. The summed E-state index contributed by atoms with van der Waals surface area (Å²) in [6.45, 7) is 3.99. The lowest BCUT2D eigenvalue weighted by Gasteiger charge is -2.11. The van der Waals surface area contributed by atoms with E-state index in [4.69, 9.17) is 16.3 Å². The summed E-state index contributed by atoms with van der Waals surface area (Å²) in [4.78, 5) is 16.5. The number of benzene rings is 2. The van der Waals surface area contributed by atoms with Gasteiger partial charge in [0, 0.05) is 10.7 Å². The third kappa shape index (κ3) is 4.71. The molecule has 0 amide bonds. The van der Waals surface area contributed by atoms with Gasteiger partial charge in [-0.3, -0.25) is 0 Å². The minimum atomic E-state index is -0.407. The van der Waals surface area contributed by atoms with Crippen LogP contribution in [0.5, 0.6) is 0 Å². The zero-order chi connectivity index (χ0) is 19.2. The highest BCUT2D eigenvalue weighted by atomic mass is 35.5. The Morgan fingerprint density at radius 3 is 2.78 bits per heavy atom. The summed E-state index contributed by atoms with van der Waals surface area (Å²) in [5.74, 6) is 0.325. The normalized spacial score (nSPS) is 10.3. The van der Waals surface area contributed by atoms with E-state index in [1.54, 1.807) is 31.2 Å². The molecule has 3 aromatic rings. The second-order valence-electron chi connectivity index (χ2n) is 5.65.